The third-order valence-corrected chi connectivity index (χ3v) is 2.24. The van der Waals surface area contributed by atoms with Crippen LogP contribution in [-0.4, -0.2) is 22.9 Å². The number of unbranched alkanes of at least 4 members (excludes halogenated alkanes) is 1. The number of hydrogen-bond acceptors (Lipinski definition) is 3. The maximum atomic E-state index is 10.6. The second kappa shape index (κ2) is 5.07. The van der Waals surface area contributed by atoms with Crippen LogP contribution in [0.1, 0.15) is 40.0 Å². The minimum absolute atomic E-state index is 0.629. The predicted octanol–water partition coefficient (Wildman–Crippen LogP) is 1.41. The Morgan fingerprint density at radius 1 is 1.69 bits per heavy atom. The van der Waals surface area contributed by atoms with Gasteiger partial charge < -0.3 is 15.6 Å². The summed E-state index contributed by atoms with van der Waals surface area (Å²) in [5.41, 5.74) is 4.07. The molecule has 0 fully saturated rings. The number of rotatable bonds is 5. The molecule has 0 saturated heterocycles. The molecular formula is C9H19NO3. The van der Waals surface area contributed by atoms with Crippen molar-refractivity contribution in [2.24, 2.45) is 5.73 Å². The van der Waals surface area contributed by atoms with E-state index in [0.717, 1.165) is 12.8 Å². The lowest BCUT2D eigenvalue weighted by Gasteiger charge is -2.31. The molecule has 0 aliphatic rings. The van der Waals surface area contributed by atoms with Crippen LogP contribution in [0.2, 0.25) is 0 Å². The number of hydrogen-bond donors (Lipinski definition) is 2. The van der Waals surface area contributed by atoms with Gasteiger partial charge in [0.25, 0.3) is 0 Å². The van der Waals surface area contributed by atoms with E-state index in [1.807, 2.05) is 6.92 Å². The van der Waals surface area contributed by atoms with Gasteiger partial charge in [-0.25, -0.2) is 4.79 Å². The molecule has 0 bridgehead atoms. The minimum Gasteiger partial charge on any atom is -0.441 e. The van der Waals surface area contributed by atoms with E-state index in [1.165, 1.54) is 0 Å². The van der Waals surface area contributed by atoms with Crippen molar-refractivity contribution < 1.29 is 14.6 Å². The number of carbonyl (C=O) groups is 1. The highest BCUT2D eigenvalue weighted by molar-refractivity contribution is 5.65. The third kappa shape index (κ3) is 4.12. The van der Waals surface area contributed by atoms with Crippen LogP contribution >= 0.6 is 0 Å². The Morgan fingerprint density at radius 3 is 2.54 bits per heavy atom. The second-order valence-electron chi connectivity index (χ2n) is 3.51. The molecule has 1 amide bonds. The molecule has 0 rings (SSSR count). The molecule has 2 atom stereocenters. The first-order valence-corrected chi connectivity index (χ1v) is 4.59. The smallest absolute Gasteiger partial charge is 0.405 e. The zero-order chi connectivity index (χ0) is 10.5. The Morgan fingerprint density at radius 2 is 2.23 bits per heavy atom. The standard InChI is InChI=1S/C9H19NO3/c1-4-5-6-9(3,7(2)11)13-8(10)12/h7,11H,4-6H2,1-3H3,(H2,10,12)/t7?,9-/m0/s1. The normalized spacial score (nSPS) is 17.5. The predicted molar refractivity (Wildman–Crippen MR) is 50.3 cm³/mol. The zero-order valence-corrected chi connectivity index (χ0v) is 8.54. The topological polar surface area (TPSA) is 72.5 Å². The van der Waals surface area contributed by atoms with Crippen molar-refractivity contribution in [2.75, 3.05) is 0 Å². The van der Waals surface area contributed by atoms with Crippen molar-refractivity contribution in [3.63, 3.8) is 0 Å². The molecule has 0 aliphatic heterocycles. The monoisotopic (exact) mass is 189 g/mol. The number of primary amides is 1. The number of amides is 1. The van der Waals surface area contributed by atoms with Gasteiger partial charge in [0.15, 0.2) is 0 Å². The van der Waals surface area contributed by atoms with Crippen molar-refractivity contribution in [1.82, 2.24) is 0 Å². The van der Waals surface area contributed by atoms with E-state index in [1.54, 1.807) is 13.8 Å². The van der Waals surface area contributed by atoms with Gasteiger partial charge in [-0.1, -0.05) is 13.3 Å². The number of nitrogens with two attached hydrogens (primary N) is 1. The molecule has 0 spiro atoms. The van der Waals surface area contributed by atoms with Gasteiger partial charge in [-0.2, -0.15) is 0 Å². The largest absolute Gasteiger partial charge is 0.441 e. The Hall–Kier alpha value is -0.770. The van der Waals surface area contributed by atoms with Crippen LogP contribution in [-0.2, 0) is 4.74 Å². The van der Waals surface area contributed by atoms with Gasteiger partial charge in [0.05, 0.1) is 6.10 Å². The fourth-order valence-corrected chi connectivity index (χ4v) is 1.10. The molecule has 4 nitrogen and oxygen atoms in total. The van der Waals surface area contributed by atoms with Crippen LogP contribution in [0.5, 0.6) is 0 Å². The average molecular weight is 189 g/mol. The maximum Gasteiger partial charge on any atom is 0.405 e. The van der Waals surface area contributed by atoms with E-state index in [4.69, 9.17) is 10.5 Å². The van der Waals surface area contributed by atoms with E-state index < -0.39 is 17.8 Å². The third-order valence-electron chi connectivity index (χ3n) is 2.24. The molecule has 3 N–H and O–H groups in total. The minimum atomic E-state index is -0.845. The van der Waals surface area contributed by atoms with Crippen LogP contribution in [0.4, 0.5) is 4.79 Å². The van der Waals surface area contributed by atoms with Crippen LogP contribution in [0.3, 0.4) is 0 Å². The van der Waals surface area contributed by atoms with Crippen LogP contribution in [0.25, 0.3) is 0 Å². The first-order chi connectivity index (χ1) is 5.92. The van der Waals surface area contributed by atoms with E-state index >= 15 is 0 Å². The summed E-state index contributed by atoms with van der Waals surface area (Å²) in [5, 5.41) is 9.41. The molecule has 0 aromatic rings. The van der Waals surface area contributed by atoms with Crippen molar-refractivity contribution in [3.05, 3.63) is 0 Å². The molecule has 0 radical (unpaired) electrons. The lowest BCUT2D eigenvalue weighted by atomic mass is 9.93. The number of aliphatic hydroxyl groups excluding tert-OH is 1. The maximum absolute atomic E-state index is 10.6. The summed E-state index contributed by atoms with van der Waals surface area (Å²) in [5.74, 6) is 0. The molecule has 0 aromatic heterocycles. The number of aliphatic hydroxyl groups is 1. The summed E-state index contributed by atoms with van der Waals surface area (Å²) >= 11 is 0. The molecule has 0 aliphatic carbocycles. The van der Waals surface area contributed by atoms with Gasteiger partial charge in [0.1, 0.15) is 5.60 Å². The molecule has 0 heterocycles. The zero-order valence-electron chi connectivity index (χ0n) is 8.54. The number of carbonyl (C=O) groups excluding carboxylic acids is 1. The lowest BCUT2D eigenvalue weighted by molar-refractivity contribution is -0.0648. The molecule has 13 heavy (non-hydrogen) atoms. The van der Waals surface area contributed by atoms with Crippen molar-refractivity contribution >= 4 is 6.09 Å². The molecule has 78 valence electrons. The molecule has 0 saturated carbocycles. The van der Waals surface area contributed by atoms with Crippen molar-refractivity contribution in [2.45, 2.75) is 51.7 Å². The fraction of sp³-hybridized carbons (Fsp3) is 0.889. The SMILES string of the molecule is CCCC[C@](C)(OC(N)=O)C(C)O. The number of ether oxygens (including phenoxy) is 1. The summed E-state index contributed by atoms with van der Waals surface area (Å²) in [6.07, 6.45) is 0.981. The fourth-order valence-electron chi connectivity index (χ4n) is 1.10. The van der Waals surface area contributed by atoms with E-state index in [9.17, 15) is 9.90 Å². The van der Waals surface area contributed by atoms with Crippen molar-refractivity contribution in [3.8, 4) is 0 Å². The van der Waals surface area contributed by atoms with Gasteiger partial charge >= 0.3 is 6.09 Å². The Labute approximate surface area is 79.1 Å². The molecule has 4 heteroatoms. The van der Waals surface area contributed by atoms with Gasteiger partial charge in [0, 0.05) is 0 Å². The molecular weight excluding hydrogens is 170 g/mol. The van der Waals surface area contributed by atoms with Crippen LogP contribution in [0.15, 0.2) is 0 Å². The summed E-state index contributed by atoms with van der Waals surface area (Å²) < 4.78 is 4.89. The Bertz CT molecular complexity index is 170. The highest BCUT2D eigenvalue weighted by Crippen LogP contribution is 2.22. The molecule has 1 unspecified atom stereocenters. The summed E-state index contributed by atoms with van der Waals surface area (Å²) in [6, 6.07) is 0. The summed E-state index contributed by atoms with van der Waals surface area (Å²) in [7, 11) is 0. The average Bonchev–Trinajstić information content (AvgIpc) is 1.99. The van der Waals surface area contributed by atoms with Crippen LogP contribution in [0, 0.1) is 0 Å². The second-order valence-corrected chi connectivity index (χ2v) is 3.51. The highest BCUT2D eigenvalue weighted by Gasteiger charge is 2.32. The van der Waals surface area contributed by atoms with Gasteiger partial charge in [-0.15, -0.1) is 0 Å². The summed E-state index contributed by atoms with van der Waals surface area (Å²) in [6.45, 7) is 5.32. The Balaban J connectivity index is 4.24. The first-order valence-electron chi connectivity index (χ1n) is 4.59. The first kappa shape index (κ1) is 12.2. The van der Waals surface area contributed by atoms with Crippen LogP contribution < -0.4 is 5.73 Å². The molecule has 0 aromatic carbocycles. The lowest BCUT2D eigenvalue weighted by Crippen LogP contribution is -2.43. The van der Waals surface area contributed by atoms with Gasteiger partial charge in [0.2, 0.25) is 0 Å². The van der Waals surface area contributed by atoms with Gasteiger partial charge in [-0.05, 0) is 26.7 Å². The quantitative estimate of drug-likeness (QED) is 0.686. The highest BCUT2D eigenvalue weighted by atomic mass is 16.6. The van der Waals surface area contributed by atoms with Gasteiger partial charge in [-0.3, -0.25) is 0 Å². The Kier molecular flexibility index (Phi) is 4.77. The van der Waals surface area contributed by atoms with E-state index in [-0.39, 0.29) is 0 Å². The van der Waals surface area contributed by atoms with E-state index in [0.29, 0.717) is 6.42 Å². The van der Waals surface area contributed by atoms with Crippen molar-refractivity contribution in [1.29, 1.82) is 0 Å². The summed E-state index contributed by atoms with van der Waals surface area (Å²) in [4.78, 5) is 10.6. The van der Waals surface area contributed by atoms with E-state index in [2.05, 4.69) is 0 Å².